The zero-order chi connectivity index (χ0) is 17.4. The van der Waals surface area contributed by atoms with Crippen LogP contribution in [-0.4, -0.2) is 36.0 Å². The average Bonchev–Trinajstić information content (AvgIpc) is 2.87. The number of rotatable bonds is 5. The van der Waals surface area contributed by atoms with Crippen molar-refractivity contribution in [1.82, 2.24) is 9.47 Å². The summed E-state index contributed by atoms with van der Waals surface area (Å²) < 4.78 is 1.99. The quantitative estimate of drug-likeness (QED) is 0.906. The van der Waals surface area contributed by atoms with Crippen molar-refractivity contribution in [2.24, 2.45) is 11.8 Å². The van der Waals surface area contributed by atoms with Crippen LogP contribution in [0.2, 0.25) is 0 Å². The number of hydrogen-bond donors (Lipinski definition) is 1. The molecule has 1 aromatic heterocycles. The van der Waals surface area contributed by atoms with E-state index in [0.717, 1.165) is 18.5 Å². The van der Waals surface area contributed by atoms with Gasteiger partial charge in [-0.2, -0.15) is 0 Å². The Labute approximate surface area is 138 Å². The summed E-state index contributed by atoms with van der Waals surface area (Å²) in [6.45, 7) is 8.90. The Morgan fingerprint density at radius 2 is 1.87 bits per heavy atom. The molecule has 0 atom stereocenters. The molecule has 1 aromatic rings. The number of aryl methyl sites for hydroxylation is 1. The van der Waals surface area contributed by atoms with E-state index >= 15 is 0 Å². The lowest BCUT2D eigenvalue weighted by Gasteiger charge is -2.40. The van der Waals surface area contributed by atoms with Crippen molar-refractivity contribution >= 4 is 11.6 Å². The van der Waals surface area contributed by atoms with Gasteiger partial charge in [-0.25, -0.2) is 0 Å². The summed E-state index contributed by atoms with van der Waals surface area (Å²) >= 11 is 0. The van der Waals surface area contributed by atoms with Gasteiger partial charge in [-0.05, 0) is 36.8 Å². The molecule has 2 rings (SSSR count). The van der Waals surface area contributed by atoms with Crippen LogP contribution in [0, 0.1) is 11.8 Å². The van der Waals surface area contributed by atoms with Gasteiger partial charge in [0, 0.05) is 19.8 Å². The highest BCUT2D eigenvalue weighted by atomic mass is 16.2. The molecule has 0 aliphatic carbocycles. The number of likely N-dealkylation sites (N-methyl/N-ethyl adjacent to an activating group) is 1. The van der Waals surface area contributed by atoms with Crippen LogP contribution in [0.1, 0.15) is 39.8 Å². The van der Waals surface area contributed by atoms with Crippen molar-refractivity contribution in [3.63, 3.8) is 0 Å². The van der Waals surface area contributed by atoms with E-state index in [1.54, 1.807) is 14.1 Å². The van der Waals surface area contributed by atoms with Gasteiger partial charge in [0.1, 0.15) is 5.69 Å². The summed E-state index contributed by atoms with van der Waals surface area (Å²) in [7, 11) is 3.42. The molecule has 1 N–H and O–H groups in total. The lowest BCUT2D eigenvalue weighted by atomic mass is 9.75. The first-order valence-corrected chi connectivity index (χ1v) is 8.41. The summed E-state index contributed by atoms with van der Waals surface area (Å²) in [6, 6.07) is 3.84. The van der Waals surface area contributed by atoms with Crippen molar-refractivity contribution in [2.45, 2.75) is 46.1 Å². The first-order chi connectivity index (χ1) is 10.7. The summed E-state index contributed by atoms with van der Waals surface area (Å²) in [5.74, 6) is 0.703. The van der Waals surface area contributed by atoms with Crippen LogP contribution < -0.4 is 10.9 Å². The van der Waals surface area contributed by atoms with Gasteiger partial charge in [0.2, 0.25) is 5.91 Å². The molecule has 5 nitrogen and oxygen atoms in total. The van der Waals surface area contributed by atoms with E-state index in [1.807, 2.05) is 16.7 Å². The average molecular weight is 319 g/mol. The Morgan fingerprint density at radius 1 is 1.26 bits per heavy atom. The molecule has 0 saturated carbocycles. The molecule has 0 fully saturated rings. The molecular weight excluding hydrogens is 290 g/mol. The molecule has 0 unspecified atom stereocenters. The SMILES string of the molecule is CC(C)C1(C(C)C)CCc2ccc(NCC(=O)N(C)C)c(=O)n21. The van der Waals surface area contributed by atoms with E-state index in [4.69, 9.17) is 0 Å². The lowest BCUT2D eigenvalue weighted by Crippen LogP contribution is -2.47. The van der Waals surface area contributed by atoms with Crippen molar-refractivity contribution in [1.29, 1.82) is 0 Å². The first kappa shape index (κ1) is 17.6. The number of pyridine rings is 1. The second-order valence-corrected chi connectivity index (χ2v) is 7.32. The maximum atomic E-state index is 13.0. The Balaban J connectivity index is 2.42. The zero-order valence-corrected chi connectivity index (χ0v) is 15.1. The van der Waals surface area contributed by atoms with Crippen LogP contribution in [0.3, 0.4) is 0 Å². The van der Waals surface area contributed by atoms with E-state index in [2.05, 4.69) is 33.0 Å². The third-order valence-corrected chi connectivity index (χ3v) is 5.29. The minimum absolute atomic E-state index is 0.00560. The van der Waals surface area contributed by atoms with E-state index in [0.29, 0.717) is 17.5 Å². The Hall–Kier alpha value is -1.78. The summed E-state index contributed by atoms with van der Waals surface area (Å²) in [6.07, 6.45) is 1.93. The predicted molar refractivity (Wildman–Crippen MR) is 93.9 cm³/mol. The maximum absolute atomic E-state index is 13.0. The molecule has 0 radical (unpaired) electrons. The molecule has 128 valence electrons. The molecule has 1 aliphatic rings. The molecule has 2 heterocycles. The zero-order valence-electron chi connectivity index (χ0n) is 15.1. The number of nitrogens with one attached hydrogen (secondary N) is 1. The van der Waals surface area contributed by atoms with Crippen LogP contribution in [0.4, 0.5) is 5.69 Å². The fourth-order valence-electron chi connectivity index (χ4n) is 3.89. The standard InChI is InChI=1S/C18H29N3O2/c1-12(2)18(13(3)4)10-9-14-7-8-15(17(23)21(14)18)19-11-16(22)20(5)6/h7-8,12-13,19H,9-11H2,1-6H3. The summed E-state index contributed by atoms with van der Waals surface area (Å²) in [4.78, 5) is 26.3. The molecule has 23 heavy (non-hydrogen) atoms. The Bertz CT molecular complexity index is 636. The number of hydrogen-bond acceptors (Lipinski definition) is 3. The number of nitrogens with zero attached hydrogens (tertiary/aromatic N) is 2. The highest BCUT2D eigenvalue weighted by molar-refractivity contribution is 5.80. The fraction of sp³-hybridized carbons (Fsp3) is 0.667. The highest BCUT2D eigenvalue weighted by Crippen LogP contribution is 2.43. The van der Waals surface area contributed by atoms with E-state index in [9.17, 15) is 9.59 Å². The number of anilines is 1. The van der Waals surface area contributed by atoms with Gasteiger partial charge in [-0.3, -0.25) is 9.59 Å². The number of fused-ring (bicyclic) bond motifs is 1. The summed E-state index contributed by atoms with van der Waals surface area (Å²) in [5, 5.41) is 3.01. The van der Waals surface area contributed by atoms with Gasteiger partial charge in [0.25, 0.3) is 5.56 Å². The smallest absolute Gasteiger partial charge is 0.274 e. The lowest BCUT2D eigenvalue weighted by molar-refractivity contribution is -0.126. The van der Waals surface area contributed by atoms with Gasteiger partial charge in [0.05, 0.1) is 12.1 Å². The molecular formula is C18H29N3O2. The molecule has 0 aromatic carbocycles. The molecule has 0 saturated heterocycles. The van der Waals surface area contributed by atoms with Crippen molar-refractivity contribution in [2.75, 3.05) is 26.0 Å². The van der Waals surface area contributed by atoms with E-state index in [-0.39, 0.29) is 23.6 Å². The van der Waals surface area contributed by atoms with Crippen LogP contribution in [0.5, 0.6) is 0 Å². The van der Waals surface area contributed by atoms with Crippen LogP contribution in [0.15, 0.2) is 16.9 Å². The van der Waals surface area contributed by atoms with E-state index in [1.165, 1.54) is 4.90 Å². The Morgan fingerprint density at radius 3 is 2.39 bits per heavy atom. The molecule has 5 heteroatoms. The number of carbonyl (C=O) groups is 1. The third-order valence-electron chi connectivity index (χ3n) is 5.29. The fourth-order valence-corrected chi connectivity index (χ4v) is 3.89. The normalized spacial score (nSPS) is 15.8. The molecule has 1 amide bonds. The predicted octanol–water partition coefficient (Wildman–Crippen LogP) is 2.30. The van der Waals surface area contributed by atoms with Crippen molar-refractivity contribution in [3.05, 3.63) is 28.2 Å². The van der Waals surface area contributed by atoms with Gasteiger partial charge >= 0.3 is 0 Å². The second kappa shape index (κ2) is 6.38. The van der Waals surface area contributed by atoms with Gasteiger partial charge in [-0.15, -0.1) is 0 Å². The molecule has 0 bridgehead atoms. The number of carbonyl (C=O) groups excluding carboxylic acids is 1. The van der Waals surface area contributed by atoms with Gasteiger partial charge in [-0.1, -0.05) is 27.7 Å². The molecule has 1 aliphatic heterocycles. The van der Waals surface area contributed by atoms with Crippen molar-refractivity contribution < 1.29 is 4.79 Å². The van der Waals surface area contributed by atoms with Crippen LogP contribution >= 0.6 is 0 Å². The minimum atomic E-state index is -0.143. The topological polar surface area (TPSA) is 54.3 Å². The third kappa shape index (κ3) is 2.89. The summed E-state index contributed by atoms with van der Waals surface area (Å²) in [5.41, 5.74) is 1.46. The Kier molecular flexibility index (Phi) is 4.87. The van der Waals surface area contributed by atoms with Gasteiger partial charge < -0.3 is 14.8 Å². The van der Waals surface area contributed by atoms with Gasteiger partial charge in [0.15, 0.2) is 0 Å². The van der Waals surface area contributed by atoms with Crippen LogP contribution in [-0.2, 0) is 16.8 Å². The monoisotopic (exact) mass is 319 g/mol. The minimum Gasteiger partial charge on any atom is -0.372 e. The number of aromatic nitrogens is 1. The highest BCUT2D eigenvalue weighted by Gasteiger charge is 2.44. The first-order valence-electron chi connectivity index (χ1n) is 8.41. The maximum Gasteiger partial charge on any atom is 0.274 e. The van der Waals surface area contributed by atoms with Crippen LogP contribution in [0.25, 0.3) is 0 Å². The molecule has 0 spiro atoms. The second-order valence-electron chi connectivity index (χ2n) is 7.32. The largest absolute Gasteiger partial charge is 0.372 e. The van der Waals surface area contributed by atoms with Crippen molar-refractivity contribution in [3.8, 4) is 0 Å². The van der Waals surface area contributed by atoms with E-state index < -0.39 is 0 Å². The number of amides is 1.